The zero-order valence-corrected chi connectivity index (χ0v) is 16.3. The third kappa shape index (κ3) is 5.84. The van der Waals surface area contributed by atoms with Crippen LogP contribution in [-0.2, 0) is 16.0 Å². The van der Waals surface area contributed by atoms with Crippen molar-refractivity contribution in [3.63, 3.8) is 0 Å². The number of morpholine rings is 1. The quantitative estimate of drug-likeness (QED) is 0.741. The van der Waals surface area contributed by atoms with Gasteiger partial charge in [-0.25, -0.2) is 4.79 Å². The summed E-state index contributed by atoms with van der Waals surface area (Å²) in [6, 6.07) is 7.72. The van der Waals surface area contributed by atoms with Gasteiger partial charge in [0.25, 0.3) is 0 Å². The number of hydrogen-bond acceptors (Lipinski definition) is 5. The number of hydrogen-bond donors (Lipinski definition) is 2. The van der Waals surface area contributed by atoms with Crippen LogP contribution in [0.3, 0.4) is 0 Å². The summed E-state index contributed by atoms with van der Waals surface area (Å²) in [7, 11) is 0. The van der Waals surface area contributed by atoms with Gasteiger partial charge in [0.15, 0.2) is 0 Å². The maximum Gasteiger partial charge on any atom is 0.320 e. The van der Waals surface area contributed by atoms with Crippen LogP contribution >= 0.6 is 0 Å². The van der Waals surface area contributed by atoms with Crippen LogP contribution in [0.1, 0.15) is 18.4 Å². The molecule has 0 saturated carbocycles. The third-order valence-electron chi connectivity index (χ3n) is 5.06. The maximum absolute atomic E-state index is 12.5. The number of carbonyl (C=O) groups is 2. The van der Waals surface area contributed by atoms with Gasteiger partial charge in [-0.1, -0.05) is 12.1 Å². The number of piperidine rings is 1. The van der Waals surface area contributed by atoms with Crippen molar-refractivity contribution in [2.24, 2.45) is 5.73 Å². The van der Waals surface area contributed by atoms with E-state index in [2.05, 4.69) is 5.32 Å². The molecule has 0 spiro atoms. The lowest BCUT2D eigenvalue weighted by Gasteiger charge is -2.37. The van der Waals surface area contributed by atoms with Crippen LogP contribution < -0.4 is 15.8 Å². The molecule has 1 aromatic carbocycles. The highest BCUT2D eigenvalue weighted by Crippen LogP contribution is 2.16. The standard InChI is InChI=1S/C20H30N4O4/c21-6-11-28-18-3-1-2-16(14-18)15-19(25)22-17-4-7-23(8-5-17)20(26)24-9-12-27-13-10-24/h1-3,14,17H,4-13,15,21H2,(H,22,25). The van der Waals surface area contributed by atoms with Crippen molar-refractivity contribution in [1.29, 1.82) is 0 Å². The molecule has 8 heteroatoms. The second-order valence-corrected chi connectivity index (χ2v) is 7.17. The molecule has 3 rings (SSSR count). The Morgan fingerprint density at radius 2 is 1.86 bits per heavy atom. The lowest BCUT2D eigenvalue weighted by Crippen LogP contribution is -2.52. The Morgan fingerprint density at radius 3 is 2.57 bits per heavy atom. The van der Waals surface area contributed by atoms with E-state index in [-0.39, 0.29) is 18.0 Å². The van der Waals surface area contributed by atoms with Gasteiger partial charge in [-0.2, -0.15) is 0 Å². The summed E-state index contributed by atoms with van der Waals surface area (Å²) in [6.07, 6.45) is 1.87. The predicted octanol–water partition coefficient (Wildman–Crippen LogP) is 0.599. The molecule has 3 N–H and O–H groups in total. The summed E-state index contributed by atoms with van der Waals surface area (Å²) in [5.41, 5.74) is 6.36. The van der Waals surface area contributed by atoms with Crippen LogP contribution in [0.4, 0.5) is 4.79 Å². The Morgan fingerprint density at radius 1 is 1.14 bits per heavy atom. The number of urea groups is 1. The number of nitrogens with two attached hydrogens (primary N) is 1. The van der Waals surface area contributed by atoms with E-state index in [0.717, 1.165) is 24.2 Å². The highest BCUT2D eigenvalue weighted by Gasteiger charge is 2.27. The van der Waals surface area contributed by atoms with E-state index in [9.17, 15) is 9.59 Å². The van der Waals surface area contributed by atoms with E-state index in [0.29, 0.717) is 59.0 Å². The average molecular weight is 390 g/mol. The molecule has 0 atom stereocenters. The Bertz CT molecular complexity index is 655. The summed E-state index contributed by atoms with van der Waals surface area (Å²) < 4.78 is 10.8. The van der Waals surface area contributed by atoms with Crippen molar-refractivity contribution in [3.8, 4) is 5.75 Å². The first-order valence-electron chi connectivity index (χ1n) is 9.98. The molecular formula is C20H30N4O4. The summed E-state index contributed by atoms with van der Waals surface area (Å²) >= 11 is 0. The molecule has 2 aliphatic heterocycles. The number of amides is 3. The molecule has 8 nitrogen and oxygen atoms in total. The summed E-state index contributed by atoms with van der Waals surface area (Å²) in [5, 5.41) is 3.10. The Hall–Kier alpha value is -2.32. The van der Waals surface area contributed by atoms with E-state index < -0.39 is 0 Å². The Kier molecular flexibility index (Phi) is 7.50. The van der Waals surface area contributed by atoms with E-state index in [4.69, 9.17) is 15.2 Å². The van der Waals surface area contributed by atoms with Gasteiger partial charge in [-0.05, 0) is 30.5 Å². The van der Waals surface area contributed by atoms with E-state index in [1.54, 1.807) is 0 Å². The fraction of sp³-hybridized carbons (Fsp3) is 0.600. The zero-order valence-electron chi connectivity index (χ0n) is 16.3. The van der Waals surface area contributed by atoms with Crippen LogP contribution in [0.25, 0.3) is 0 Å². The molecule has 2 heterocycles. The first-order valence-corrected chi connectivity index (χ1v) is 9.98. The number of nitrogens with zero attached hydrogens (tertiary/aromatic N) is 2. The smallest absolute Gasteiger partial charge is 0.320 e. The van der Waals surface area contributed by atoms with Gasteiger partial charge in [-0.15, -0.1) is 0 Å². The van der Waals surface area contributed by atoms with Crippen molar-refractivity contribution >= 4 is 11.9 Å². The molecule has 0 unspecified atom stereocenters. The number of rotatable bonds is 6. The average Bonchev–Trinajstić information content (AvgIpc) is 2.73. The van der Waals surface area contributed by atoms with Crippen molar-refractivity contribution in [2.75, 3.05) is 52.5 Å². The fourth-order valence-corrected chi connectivity index (χ4v) is 3.56. The minimum absolute atomic E-state index is 0.00562. The molecular weight excluding hydrogens is 360 g/mol. The van der Waals surface area contributed by atoms with Gasteiger partial charge >= 0.3 is 6.03 Å². The minimum Gasteiger partial charge on any atom is -0.492 e. The molecule has 1 aromatic rings. The van der Waals surface area contributed by atoms with Crippen LogP contribution in [-0.4, -0.2) is 80.3 Å². The van der Waals surface area contributed by atoms with Crippen molar-refractivity contribution in [1.82, 2.24) is 15.1 Å². The third-order valence-corrected chi connectivity index (χ3v) is 5.06. The second-order valence-electron chi connectivity index (χ2n) is 7.17. The van der Waals surface area contributed by atoms with Crippen LogP contribution in [0.5, 0.6) is 5.75 Å². The van der Waals surface area contributed by atoms with Crippen LogP contribution in [0.2, 0.25) is 0 Å². The first kappa shape index (κ1) is 20.4. The first-order chi connectivity index (χ1) is 13.7. The molecule has 3 amide bonds. The number of nitrogens with one attached hydrogen (secondary N) is 1. The van der Waals surface area contributed by atoms with E-state index in [1.807, 2.05) is 34.1 Å². The molecule has 0 radical (unpaired) electrons. The molecule has 154 valence electrons. The number of benzene rings is 1. The topological polar surface area (TPSA) is 97.1 Å². The second kappa shape index (κ2) is 10.3. The van der Waals surface area contributed by atoms with Gasteiger partial charge in [0.1, 0.15) is 12.4 Å². The van der Waals surface area contributed by atoms with Gasteiger partial charge in [0, 0.05) is 38.8 Å². The molecule has 2 fully saturated rings. The SMILES string of the molecule is NCCOc1cccc(CC(=O)NC2CCN(C(=O)N3CCOCC3)CC2)c1. The lowest BCUT2D eigenvalue weighted by atomic mass is 10.0. The fourth-order valence-electron chi connectivity index (χ4n) is 3.56. The van der Waals surface area contributed by atoms with E-state index in [1.165, 1.54) is 0 Å². The maximum atomic E-state index is 12.5. The van der Waals surface area contributed by atoms with Crippen molar-refractivity contribution in [2.45, 2.75) is 25.3 Å². The van der Waals surface area contributed by atoms with Gasteiger partial charge in [0.2, 0.25) is 5.91 Å². The van der Waals surface area contributed by atoms with Gasteiger partial charge in [0.05, 0.1) is 19.6 Å². The molecule has 2 aliphatic rings. The number of ether oxygens (including phenoxy) is 2. The largest absolute Gasteiger partial charge is 0.492 e. The monoisotopic (exact) mass is 390 g/mol. The van der Waals surface area contributed by atoms with Gasteiger partial charge in [-0.3, -0.25) is 4.79 Å². The highest BCUT2D eigenvalue weighted by molar-refractivity contribution is 5.79. The molecule has 0 aromatic heterocycles. The van der Waals surface area contributed by atoms with Gasteiger partial charge < -0.3 is 30.3 Å². The summed E-state index contributed by atoms with van der Waals surface area (Å²) in [6.45, 7) is 4.78. The zero-order chi connectivity index (χ0) is 19.8. The normalized spacial score (nSPS) is 18.0. The molecule has 28 heavy (non-hydrogen) atoms. The predicted molar refractivity (Wildman–Crippen MR) is 105 cm³/mol. The number of likely N-dealkylation sites (tertiary alicyclic amines) is 1. The molecule has 2 saturated heterocycles. The molecule has 0 aliphatic carbocycles. The summed E-state index contributed by atoms with van der Waals surface area (Å²) in [5.74, 6) is 0.722. The Labute approximate surface area is 165 Å². The molecule has 0 bridgehead atoms. The lowest BCUT2D eigenvalue weighted by molar-refractivity contribution is -0.121. The van der Waals surface area contributed by atoms with Crippen LogP contribution in [0.15, 0.2) is 24.3 Å². The number of carbonyl (C=O) groups excluding carboxylic acids is 2. The minimum atomic E-state index is -0.00562. The summed E-state index contributed by atoms with van der Waals surface area (Å²) in [4.78, 5) is 28.6. The van der Waals surface area contributed by atoms with Crippen molar-refractivity contribution < 1.29 is 19.1 Å². The van der Waals surface area contributed by atoms with Crippen molar-refractivity contribution in [3.05, 3.63) is 29.8 Å². The highest BCUT2D eigenvalue weighted by atomic mass is 16.5. The Balaban J connectivity index is 1.41. The van der Waals surface area contributed by atoms with E-state index >= 15 is 0 Å². The van der Waals surface area contributed by atoms with Crippen LogP contribution in [0, 0.1) is 0 Å².